The van der Waals surface area contributed by atoms with E-state index in [1.54, 1.807) is 6.07 Å². The van der Waals surface area contributed by atoms with Crippen molar-refractivity contribution < 1.29 is 4.74 Å². The Morgan fingerprint density at radius 3 is 2.85 bits per heavy atom. The smallest absolute Gasteiger partial charge is 0.259 e. The average molecular weight is 349 g/mol. The summed E-state index contributed by atoms with van der Waals surface area (Å²) in [5.41, 5.74) is 1.37. The van der Waals surface area contributed by atoms with Crippen molar-refractivity contribution in [2.24, 2.45) is 0 Å². The number of H-pyrrole nitrogens is 1. The van der Waals surface area contributed by atoms with Gasteiger partial charge < -0.3 is 14.6 Å². The predicted molar refractivity (Wildman–Crippen MR) is 104 cm³/mol. The van der Waals surface area contributed by atoms with Gasteiger partial charge >= 0.3 is 0 Å². The van der Waals surface area contributed by atoms with Crippen molar-refractivity contribution in [3.8, 4) is 17.1 Å². The van der Waals surface area contributed by atoms with E-state index in [9.17, 15) is 4.79 Å². The van der Waals surface area contributed by atoms with E-state index in [2.05, 4.69) is 21.9 Å². The fourth-order valence-electron chi connectivity index (χ4n) is 3.65. The van der Waals surface area contributed by atoms with Gasteiger partial charge in [-0.15, -0.1) is 0 Å². The van der Waals surface area contributed by atoms with E-state index in [0.29, 0.717) is 29.4 Å². The van der Waals surface area contributed by atoms with Crippen LogP contribution >= 0.6 is 0 Å². The Morgan fingerprint density at radius 2 is 2.00 bits per heavy atom. The number of aromatic nitrogens is 2. The van der Waals surface area contributed by atoms with Crippen molar-refractivity contribution in [2.45, 2.75) is 25.3 Å². The molecule has 5 nitrogen and oxygen atoms in total. The van der Waals surface area contributed by atoms with Crippen LogP contribution in [0.5, 0.6) is 5.75 Å². The number of fused-ring (bicyclic) bond motifs is 1. The number of likely N-dealkylation sites (tertiary alicyclic amines) is 1. The van der Waals surface area contributed by atoms with Crippen LogP contribution in [0.4, 0.5) is 0 Å². The number of para-hydroxylation sites is 2. The van der Waals surface area contributed by atoms with Crippen LogP contribution in [0.3, 0.4) is 0 Å². The van der Waals surface area contributed by atoms with Gasteiger partial charge in [-0.05, 0) is 57.1 Å². The van der Waals surface area contributed by atoms with E-state index in [1.807, 2.05) is 42.5 Å². The first-order valence-corrected chi connectivity index (χ1v) is 9.14. The molecule has 1 unspecified atom stereocenters. The molecule has 3 aromatic rings. The SMILES string of the molecule is CN1CCCC1CCOc1ccccc1-c1nc2ccccc2c(=O)[nH]1. The number of ether oxygens (including phenoxy) is 1. The molecular weight excluding hydrogens is 326 g/mol. The summed E-state index contributed by atoms with van der Waals surface area (Å²) < 4.78 is 6.07. The summed E-state index contributed by atoms with van der Waals surface area (Å²) in [6.45, 7) is 1.83. The molecule has 2 heterocycles. The molecule has 1 aliphatic heterocycles. The number of rotatable bonds is 5. The highest BCUT2D eigenvalue weighted by Gasteiger charge is 2.20. The van der Waals surface area contributed by atoms with E-state index in [1.165, 1.54) is 19.4 Å². The Bertz CT molecular complexity index is 967. The normalized spacial score (nSPS) is 17.7. The summed E-state index contributed by atoms with van der Waals surface area (Å²) in [5.74, 6) is 1.30. The zero-order valence-corrected chi connectivity index (χ0v) is 14.9. The lowest BCUT2D eigenvalue weighted by atomic mass is 10.1. The van der Waals surface area contributed by atoms with Gasteiger partial charge in [0.15, 0.2) is 0 Å². The summed E-state index contributed by atoms with van der Waals surface area (Å²) in [6, 6.07) is 15.7. The lowest BCUT2D eigenvalue weighted by molar-refractivity contribution is 0.234. The first kappa shape index (κ1) is 16.8. The molecule has 1 aliphatic rings. The fourth-order valence-corrected chi connectivity index (χ4v) is 3.65. The monoisotopic (exact) mass is 349 g/mol. The second-order valence-electron chi connectivity index (χ2n) is 6.84. The molecular formula is C21H23N3O2. The van der Waals surface area contributed by atoms with Gasteiger partial charge in [0.2, 0.25) is 0 Å². The molecule has 0 radical (unpaired) electrons. The van der Waals surface area contributed by atoms with Gasteiger partial charge in [0.25, 0.3) is 5.56 Å². The molecule has 1 atom stereocenters. The first-order chi connectivity index (χ1) is 12.7. The molecule has 0 amide bonds. The van der Waals surface area contributed by atoms with Crippen molar-refractivity contribution in [3.63, 3.8) is 0 Å². The number of hydrogen-bond acceptors (Lipinski definition) is 4. The van der Waals surface area contributed by atoms with Gasteiger partial charge in [0.1, 0.15) is 11.6 Å². The topological polar surface area (TPSA) is 58.2 Å². The Morgan fingerprint density at radius 1 is 1.19 bits per heavy atom. The third-order valence-corrected chi connectivity index (χ3v) is 5.14. The molecule has 5 heteroatoms. The Kier molecular flexibility index (Phi) is 4.71. The van der Waals surface area contributed by atoms with E-state index >= 15 is 0 Å². The molecule has 26 heavy (non-hydrogen) atoms. The minimum atomic E-state index is -0.131. The van der Waals surface area contributed by atoms with Crippen molar-refractivity contribution in [2.75, 3.05) is 20.2 Å². The number of benzene rings is 2. The van der Waals surface area contributed by atoms with Crippen LogP contribution < -0.4 is 10.3 Å². The van der Waals surface area contributed by atoms with Crippen LogP contribution in [0.2, 0.25) is 0 Å². The zero-order chi connectivity index (χ0) is 17.9. The highest BCUT2D eigenvalue weighted by Crippen LogP contribution is 2.28. The minimum Gasteiger partial charge on any atom is -0.493 e. The molecule has 1 fully saturated rings. The summed E-state index contributed by atoms with van der Waals surface area (Å²) in [4.78, 5) is 22.3. The second-order valence-corrected chi connectivity index (χ2v) is 6.84. The quantitative estimate of drug-likeness (QED) is 0.766. The van der Waals surface area contributed by atoms with E-state index in [4.69, 9.17) is 4.74 Å². The van der Waals surface area contributed by atoms with Gasteiger partial charge in [-0.25, -0.2) is 4.98 Å². The van der Waals surface area contributed by atoms with Gasteiger partial charge in [-0.3, -0.25) is 4.79 Å². The molecule has 1 aromatic heterocycles. The molecule has 4 rings (SSSR count). The highest BCUT2D eigenvalue weighted by atomic mass is 16.5. The van der Waals surface area contributed by atoms with Crippen LogP contribution in [0, 0.1) is 0 Å². The van der Waals surface area contributed by atoms with E-state index in [-0.39, 0.29) is 5.56 Å². The standard InChI is InChI=1S/C21H23N3O2/c1-24-13-6-7-15(24)12-14-26-19-11-5-3-9-17(19)20-22-18-10-4-2-8-16(18)21(25)23-20/h2-5,8-11,15H,6-7,12-14H2,1H3,(H,22,23,25). The second kappa shape index (κ2) is 7.30. The number of aromatic amines is 1. The van der Waals surface area contributed by atoms with Crippen LogP contribution in [-0.2, 0) is 0 Å². The molecule has 2 aromatic carbocycles. The number of nitrogens with one attached hydrogen (secondary N) is 1. The number of nitrogens with zero attached hydrogens (tertiary/aromatic N) is 2. The Balaban J connectivity index is 1.58. The third-order valence-electron chi connectivity index (χ3n) is 5.14. The minimum absolute atomic E-state index is 0.131. The van der Waals surface area contributed by atoms with Crippen molar-refractivity contribution in [3.05, 3.63) is 58.9 Å². The van der Waals surface area contributed by atoms with Crippen molar-refractivity contribution in [1.29, 1.82) is 0 Å². The molecule has 0 aliphatic carbocycles. The fraction of sp³-hybridized carbons (Fsp3) is 0.333. The lowest BCUT2D eigenvalue weighted by Crippen LogP contribution is -2.26. The summed E-state index contributed by atoms with van der Waals surface area (Å²) in [6.07, 6.45) is 3.51. The van der Waals surface area contributed by atoms with Crippen LogP contribution in [0.15, 0.2) is 53.3 Å². The largest absolute Gasteiger partial charge is 0.493 e. The zero-order valence-electron chi connectivity index (χ0n) is 14.9. The molecule has 134 valence electrons. The lowest BCUT2D eigenvalue weighted by Gasteiger charge is -2.19. The van der Waals surface area contributed by atoms with Crippen LogP contribution in [-0.4, -0.2) is 41.1 Å². The highest BCUT2D eigenvalue weighted by molar-refractivity contribution is 5.80. The van der Waals surface area contributed by atoms with Crippen molar-refractivity contribution >= 4 is 10.9 Å². The predicted octanol–water partition coefficient (Wildman–Crippen LogP) is 3.45. The first-order valence-electron chi connectivity index (χ1n) is 9.14. The molecule has 0 spiro atoms. The summed E-state index contributed by atoms with van der Waals surface area (Å²) >= 11 is 0. The van der Waals surface area contributed by atoms with Crippen LogP contribution in [0.25, 0.3) is 22.3 Å². The maximum atomic E-state index is 12.4. The van der Waals surface area contributed by atoms with Crippen molar-refractivity contribution in [1.82, 2.24) is 14.9 Å². The van der Waals surface area contributed by atoms with E-state index in [0.717, 1.165) is 17.7 Å². The average Bonchev–Trinajstić information content (AvgIpc) is 3.07. The maximum absolute atomic E-state index is 12.4. The van der Waals surface area contributed by atoms with Gasteiger partial charge in [-0.1, -0.05) is 24.3 Å². The number of hydrogen-bond donors (Lipinski definition) is 1. The molecule has 1 N–H and O–H groups in total. The molecule has 0 saturated carbocycles. The van der Waals surface area contributed by atoms with Crippen LogP contribution in [0.1, 0.15) is 19.3 Å². The van der Waals surface area contributed by atoms with E-state index < -0.39 is 0 Å². The summed E-state index contributed by atoms with van der Waals surface area (Å²) in [7, 11) is 2.18. The van der Waals surface area contributed by atoms with Gasteiger partial charge in [0.05, 0.1) is 23.1 Å². The molecule has 1 saturated heterocycles. The van der Waals surface area contributed by atoms with Gasteiger partial charge in [0, 0.05) is 6.04 Å². The Labute approximate surface area is 152 Å². The van der Waals surface area contributed by atoms with Gasteiger partial charge in [-0.2, -0.15) is 0 Å². The summed E-state index contributed by atoms with van der Waals surface area (Å²) in [5, 5.41) is 0.596. The Hall–Kier alpha value is -2.66. The maximum Gasteiger partial charge on any atom is 0.259 e. The molecule has 0 bridgehead atoms. The third kappa shape index (κ3) is 3.35.